The molecule has 11 heteroatoms. The Balaban J connectivity index is 1.64. The van der Waals surface area contributed by atoms with Crippen LogP contribution < -0.4 is 16.4 Å². The molecule has 1 saturated heterocycles. The molecule has 0 unspecified atom stereocenters. The van der Waals surface area contributed by atoms with Crippen LogP contribution in [0.5, 0.6) is 0 Å². The zero-order valence-corrected chi connectivity index (χ0v) is 20.4. The summed E-state index contributed by atoms with van der Waals surface area (Å²) < 4.78 is 22.0. The van der Waals surface area contributed by atoms with Gasteiger partial charge in [0, 0.05) is 18.8 Å². The summed E-state index contributed by atoms with van der Waals surface area (Å²) in [6, 6.07) is 4.67. The quantitative estimate of drug-likeness (QED) is 0.455. The van der Waals surface area contributed by atoms with E-state index in [1.54, 1.807) is 22.9 Å². The first-order chi connectivity index (χ1) is 16.8. The van der Waals surface area contributed by atoms with Crippen molar-refractivity contribution in [1.82, 2.24) is 19.5 Å². The fourth-order valence-electron chi connectivity index (χ4n) is 5.08. The predicted molar refractivity (Wildman–Crippen MR) is 132 cm³/mol. The summed E-state index contributed by atoms with van der Waals surface area (Å²) in [5, 5.41) is 6.46. The van der Waals surface area contributed by atoms with E-state index in [-0.39, 0.29) is 22.2 Å². The van der Waals surface area contributed by atoms with E-state index >= 15 is 0 Å². The van der Waals surface area contributed by atoms with Gasteiger partial charge in [-0.1, -0.05) is 36.9 Å². The van der Waals surface area contributed by atoms with Gasteiger partial charge in [0.2, 0.25) is 17.8 Å². The molecule has 2 aromatic heterocycles. The van der Waals surface area contributed by atoms with Gasteiger partial charge in [-0.05, 0) is 44.7 Å². The van der Waals surface area contributed by atoms with Crippen LogP contribution in [0.1, 0.15) is 51.9 Å². The number of amides is 1. The Labute approximate surface area is 207 Å². The number of hydrogen-bond acceptors (Lipinski definition) is 7. The van der Waals surface area contributed by atoms with E-state index in [0.29, 0.717) is 43.2 Å². The monoisotopic (exact) mass is 501 g/mol. The SMILES string of the molecule is CC1(Nc2ncc3nc(Nc4cccc(Cl)c4F)n(C4(C(N)=O)CCCCC4)c3n2)CCOCC1. The number of anilines is 3. The van der Waals surface area contributed by atoms with Crippen molar-refractivity contribution < 1.29 is 13.9 Å². The lowest BCUT2D eigenvalue weighted by Gasteiger charge is -2.37. The van der Waals surface area contributed by atoms with Crippen molar-refractivity contribution in [3.63, 3.8) is 0 Å². The van der Waals surface area contributed by atoms with Crippen molar-refractivity contribution in [3.05, 3.63) is 35.2 Å². The first-order valence-corrected chi connectivity index (χ1v) is 12.3. The van der Waals surface area contributed by atoms with E-state index in [0.717, 1.165) is 32.1 Å². The largest absolute Gasteiger partial charge is 0.381 e. The fourth-order valence-corrected chi connectivity index (χ4v) is 5.25. The number of carbonyl (C=O) groups is 1. The number of rotatable bonds is 6. The van der Waals surface area contributed by atoms with E-state index in [1.165, 1.54) is 6.07 Å². The summed E-state index contributed by atoms with van der Waals surface area (Å²) >= 11 is 6.00. The normalized spacial score (nSPS) is 19.4. The highest BCUT2D eigenvalue weighted by Gasteiger charge is 2.43. The van der Waals surface area contributed by atoms with Crippen LogP contribution in [-0.4, -0.2) is 44.2 Å². The molecule has 1 aliphatic heterocycles. The Morgan fingerprint density at radius 2 is 1.91 bits per heavy atom. The Morgan fingerprint density at radius 1 is 1.17 bits per heavy atom. The number of ether oxygens (including phenoxy) is 1. The van der Waals surface area contributed by atoms with Gasteiger partial charge in [-0.15, -0.1) is 0 Å². The van der Waals surface area contributed by atoms with Crippen LogP contribution in [0, 0.1) is 5.82 Å². The van der Waals surface area contributed by atoms with Crippen LogP contribution in [0.15, 0.2) is 24.4 Å². The van der Waals surface area contributed by atoms with Gasteiger partial charge in [0.25, 0.3) is 0 Å². The number of nitrogens with zero attached hydrogens (tertiary/aromatic N) is 4. The van der Waals surface area contributed by atoms with Crippen LogP contribution in [0.2, 0.25) is 5.02 Å². The maximum atomic E-state index is 14.8. The number of aromatic nitrogens is 4. The molecule has 3 heterocycles. The van der Waals surface area contributed by atoms with E-state index in [9.17, 15) is 9.18 Å². The fraction of sp³-hybridized carbons (Fsp3) is 0.500. The average Bonchev–Trinajstić information content (AvgIpc) is 3.20. The highest BCUT2D eigenvalue weighted by molar-refractivity contribution is 6.31. The van der Waals surface area contributed by atoms with Crippen LogP contribution in [-0.2, 0) is 15.1 Å². The van der Waals surface area contributed by atoms with Gasteiger partial charge in [-0.25, -0.2) is 14.4 Å². The second kappa shape index (κ2) is 9.23. The first kappa shape index (κ1) is 23.7. The van der Waals surface area contributed by atoms with Gasteiger partial charge in [0.1, 0.15) is 11.1 Å². The lowest BCUT2D eigenvalue weighted by atomic mass is 9.80. The zero-order valence-electron chi connectivity index (χ0n) is 19.6. The molecule has 0 atom stereocenters. The van der Waals surface area contributed by atoms with E-state index in [2.05, 4.69) is 27.5 Å². The molecule has 5 rings (SSSR count). The predicted octanol–water partition coefficient (Wildman–Crippen LogP) is 4.49. The van der Waals surface area contributed by atoms with Crippen molar-refractivity contribution in [2.45, 2.75) is 62.9 Å². The number of nitrogens with one attached hydrogen (secondary N) is 2. The molecule has 3 aromatic rings. The number of fused-ring (bicyclic) bond motifs is 1. The number of nitrogens with two attached hydrogens (primary N) is 1. The molecule has 2 fully saturated rings. The minimum absolute atomic E-state index is 0.0177. The molecule has 186 valence electrons. The summed E-state index contributed by atoms with van der Waals surface area (Å²) in [6.07, 6.45) is 7.02. The lowest BCUT2D eigenvalue weighted by molar-refractivity contribution is -0.128. The molecule has 2 aliphatic rings. The number of hydrogen-bond donors (Lipinski definition) is 3. The highest BCUT2D eigenvalue weighted by atomic mass is 35.5. The first-order valence-electron chi connectivity index (χ1n) is 11.9. The van der Waals surface area contributed by atoms with Gasteiger partial charge < -0.3 is 21.1 Å². The average molecular weight is 502 g/mol. The maximum Gasteiger partial charge on any atom is 0.243 e. The highest BCUT2D eigenvalue weighted by Crippen LogP contribution is 2.40. The minimum atomic E-state index is -1.04. The van der Waals surface area contributed by atoms with Crippen LogP contribution in [0.25, 0.3) is 11.2 Å². The molecule has 4 N–H and O–H groups in total. The van der Waals surface area contributed by atoms with Crippen molar-refractivity contribution in [1.29, 1.82) is 0 Å². The Bertz CT molecular complexity index is 1250. The molecule has 1 saturated carbocycles. The summed E-state index contributed by atoms with van der Waals surface area (Å²) in [5.74, 6) is -0.370. The van der Waals surface area contributed by atoms with Crippen molar-refractivity contribution in [3.8, 4) is 0 Å². The van der Waals surface area contributed by atoms with Gasteiger partial charge in [0.05, 0.1) is 16.9 Å². The van der Waals surface area contributed by atoms with Crippen molar-refractivity contribution in [2.24, 2.45) is 5.73 Å². The van der Waals surface area contributed by atoms with Crippen molar-refractivity contribution >= 4 is 46.3 Å². The third kappa shape index (κ3) is 4.40. The molecule has 0 radical (unpaired) electrons. The van der Waals surface area contributed by atoms with Gasteiger partial charge in [-0.3, -0.25) is 9.36 Å². The molecule has 1 aromatic carbocycles. The number of imidazole rings is 1. The third-order valence-corrected chi connectivity index (χ3v) is 7.47. The minimum Gasteiger partial charge on any atom is -0.381 e. The number of primary amides is 1. The second-order valence-electron chi connectivity index (χ2n) is 9.65. The molecule has 1 aliphatic carbocycles. The van der Waals surface area contributed by atoms with Crippen LogP contribution in [0.3, 0.4) is 0 Å². The van der Waals surface area contributed by atoms with Gasteiger partial charge in [-0.2, -0.15) is 4.98 Å². The van der Waals surface area contributed by atoms with Crippen LogP contribution >= 0.6 is 11.6 Å². The number of carbonyl (C=O) groups excluding carboxylic acids is 1. The number of benzene rings is 1. The second-order valence-corrected chi connectivity index (χ2v) is 10.1. The Kier molecular flexibility index (Phi) is 6.27. The molecular weight excluding hydrogens is 473 g/mol. The molecule has 35 heavy (non-hydrogen) atoms. The summed E-state index contributed by atoms with van der Waals surface area (Å²) in [6.45, 7) is 3.43. The molecule has 0 bridgehead atoms. The summed E-state index contributed by atoms with van der Waals surface area (Å²) in [4.78, 5) is 26.9. The maximum absolute atomic E-state index is 14.8. The zero-order chi connectivity index (χ0) is 24.6. The summed E-state index contributed by atoms with van der Waals surface area (Å²) in [7, 11) is 0. The van der Waals surface area contributed by atoms with E-state index < -0.39 is 17.3 Å². The van der Waals surface area contributed by atoms with E-state index in [4.69, 9.17) is 27.1 Å². The topological polar surface area (TPSA) is 120 Å². The standard InChI is InChI=1S/C24H29ClFN7O2/c1-23(10-12-35-13-11-23)32-21-28-14-17-19(31-21)33(24(20(27)34)8-3-2-4-9-24)22(30-17)29-16-7-5-6-15(25)18(16)26/h5-7,14H,2-4,8-13H2,1H3,(H2,27,34)(H,29,30)(H,28,31,32). The molecule has 1 amide bonds. The molecular formula is C24H29ClFN7O2. The van der Waals surface area contributed by atoms with Gasteiger partial charge in [0.15, 0.2) is 11.5 Å². The van der Waals surface area contributed by atoms with Crippen molar-refractivity contribution in [2.75, 3.05) is 23.8 Å². The lowest BCUT2D eigenvalue weighted by Crippen LogP contribution is -2.48. The van der Waals surface area contributed by atoms with E-state index in [1.807, 2.05) is 0 Å². The third-order valence-electron chi connectivity index (χ3n) is 7.18. The Hall–Kier alpha value is -2.98. The summed E-state index contributed by atoms with van der Waals surface area (Å²) in [5.41, 5.74) is 5.85. The van der Waals surface area contributed by atoms with Gasteiger partial charge >= 0.3 is 0 Å². The molecule has 0 spiro atoms. The Morgan fingerprint density at radius 3 is 2.63 bits per heavy atom. The molecule has 9 nitrogen and oxygen atoms in total. The number of halogens is 2. The smallest absolute Gasteiger partial charge is 0.243 e. The van der Waals surface area contributed by atoms with Crippen LogP contribution in [0.4, 0.5) is 22.0 Å².